The molecule has 1 amide bonds. The largest absolute Gasteiger partial charge is 0.497 e. The molecule has 0 atom stereocenters. The Morgan fingerprint density at radius 2 is 1.61 bits per heavy atom. The first kappa shape index (κ1) is 16.5. The van der Waals surface area contributed by atoms with Crippen molar-refractivity contribution in [3.05, 3.63) is 36.4 Å². The Kier molecular flexibility index (Phi) is 5.30. The van der Waals surface area contributed by atoms with E-state index < -0.39 is 5.91 Å². The Morgan fingerprint density at radius 1 is 0.913 bits per heavy atom. The van der Waals surface area contributed by atoms with Gasteiger partial charge in [-0.3, -0.25) is 4.79 Å². The summed E-state index contributed by atoms with van der Waals surface area (Å²) in [5.41, 5.74) is 6.77. The van der Waals surface area contributed by atoms with Crippen molar-refractivity contribution in [2.75, 3.05) is 27.9 Å². The average molecular weight is 317 g/mol. The number of hydrogen-bond donors (Lipinski definition) is 1. The lowest BCUT2D eigenvalue weighted by Crippen LogP contribution is -2.20. The van der Waals surface area contributed by atoms with Crippen molar-refractivity contribution in [1.82, 2.24) is 0 Å². The zero-order chi connectivity index (χ0) is 16.8. The number of carbonyl (C=O) groups is 1. The lowest BCUT2D eigenvalue weighted by molar-refractivity contribution is -0.119. The van der Waals surface area contributed by atoms with Crippen LogP contribution >= 0.6 is 0 Å². The van der Waals surface area contributed by atoms with E-state index in [1.807, 2.05) is 18.2 Å². The number of rotatable bonds is 7. The zero-order valence-electron chi connectivity index (χ0n) is 13.3. The van der Waals surface area contributed by atoms with Crippen LogP contribution in [-0.4, -0.2) is 33.8 Å². The SMILES string of the molecule is COc1cc(OCC(N)=O)cc(-c2ccc(OC)cc2OC)c1. The Balaban J connectivity index is 2.45. The first-order chi connectivity index (χ1) is 11.1. The van der Waals surface area contributed by atoms with Crippen molar-refractivity contribution < 1.29 is 23.7 Å². The second-order valence-electron chi connectivity index (χ2n) is 4.72. The summed E-state index contributed by atoms with van der Waals surface area (Å²) in [6, 6.07) is 10.8. The molecule has 0 bridgehead atoms. The minimum atomic E-state index is -0.545. The Morgan fingerprint density at radius 3 is 2.22 bits per heavy atom. The third-order valence-corrected chi connectivity index (χ3v) is 3.22. The molecule has 0 radical (unpaired) electrons. The maximum absolute atomic E-state index is 10.9. The molecule has 2 rings (SSSR count). The molecule has 0 aliphatic heterocycles. The molecule has 122 valence electrons. The molecular weight excluding hydrogens is 298 g/mol. The van der Waals surface area contributed by atoms with E-state index in [4.69, 9.17) is 24.7 Å². The van der Waals surface area contributed by atoms with E-state index >= 15 is 0 Å². The average Bonchev–Trinajstić information content (AvgIpc) is 2.58. The highest BCUT2D eigenvalue weighted by Crippen LogP contribution is 2.37. The van der Waals surface area contributed by atoms with Crippen LogP contribution < -0.4 is 24.7 Å². The highest BCUT2D eigenvalue weighted by Gasteiger charge is 2.11. The summed E-state index contributed by atoms with van der Waals surface area (Å²) in [5, 5.41) is 0. The number of nitrogens with two attached hydrogens (primary N) is 1. The first-order valence-corrected chi connectivity index (χ1v) is 6.90. The Labute approximate surface area is 134 Å². The number of ether oxygens (including phenoxy) is 4. The molecule has 0 spiro atoms. The van der Waals surface area contributed by atoms with Gasteiger partial charge in [-0.15, -0.1) is 0 Å². The standard InChI is InChI=1S/C17H19NO5/c1-20-12-4-5-15(16(9-12)22-3)11-6-13(21-2)8-14(7-11)23-10-17(18)19/h4-9H,10H2,1-3H3,(H2,18,19). The molecule has 0 saturated carbocycles. The zero-order valence-corrected chi connectivity index (χ0v) is 13.3. The summed E-state index contributed by atoms with van der Waals surface area (Å²) in [5.74, 6) is 1.88. The van der Waals surface area contributed by atoms with Crippen molar-refractivity contribution in [3.8, 4) is 34.1 Å². The molecule has 0 heterocycles. The van der Waals surface area contributed by atoms with Crippen LogP contribution in [0.2, 0.25) is 0 Å². The number of benzene rings is 2. The molecule has 2 aromatic carbocycles. The van der Waals surface area contributed by atoms with Crippen molar-refractivity contribution in [1.29, 1.82) is 0 Å². The fourth-order valence-electron chi connectivity index (χ4n) is 2.12. The highest BCUT2D eigenvalue weighted by molar-refractivity contribution is 5.76. The van der Waals surface area contributed by atoms with Gasteiger partial charge in [0.2, 0.25) is 0 Å². The highest BCUT2D eigenvalue weighted by atomic mass is 16.5. The molecule has 2 aromatic rings. The van der Waals surface area contributed by atoms with Gasteiger partial charge in [0.15, 0.2) is 6.61 Å². The summed E-state index contributed by atoms with van der Waals surface area (Å²) in [4.78, 5) is 10.9. The third kappa shape index (κ3) is 4.06. The van der Waals surface area contributed by atoms with Gasteiger partial charge in [0.25, 0.3) is 5.91 Å². The number of hydrogen-bond acceptors (Lipinski definition) is 5. The summed E-state index contributed by atoms with van der Waals surface area (Å²) < 4.78 is 21.3. The summed E-state index contributed by atoms with van der Waals surface area (Å²) in [6.45, 7) is -0.202. The molecular formula is C17H19NO5. The van der Waals surface area contributed by atoms with Crippen molar-refractivity contribution in [2.24, 2.45) is 5.73 Å². The minimum absolute atomic E-state index is 0.202. The van der Waals surface area contributed by atoms with Crippen LogP contribution in [0.1, 0.15) is 0 Å². The van der Waals surface area contributed by atoms with Gasteiger partial charge in [0.05, 0.1) is 21.3 Å². The molecule has 0 aromatic heterocycles. The molecule has 6 heteroatoms. The van der Waals surface area contributed by atoms with E-state index in [0.717, 1.165) is 11.1 Å². The van der Waals surface area contributed by atoms with Crippen LogP contribution in [-0.2, 0) is 4.79 Å². The summed E-state index contributed by atoms with van der Waals surface area (Å²) in [7, 11) is 4.74. The maximum atomic E-state index is 10.9. The fraction of sp³-hybridized carbons (Fsp3) is 0.235. The minimum Gasteiger partial charge on any atom is -0.497 e. The molecule has 23 heavy (non-hydrogen) atoms. The Bertz CT molecular complexity index is 699. The fourth-order valence-corrected chi connectivity index (χ4v) is 2.12. The van der Waals surface area contributed by atoms with E-state index in [2.05, 4.69) is 0 Å². The quantitative estimate of drug-likeness (QED) is 0.847. The van der Waals surface area contributed by atoms with Crippen LogP contribution in [0.15, 0.2) is 36.4 Å². The van der Waals surface area contributed by atoms with Gasteiger partial charge in [0, 0.05) is 17.7 Å². The first-order valence-electron chi connectivity index (χ1n) is 6.90. The molecule has 0 fully saturated rings. The number of methoxy groups -OCH3 is 3. The molecule has 0 saturated heterocycles. The van der Waals surface area contributed by atoms with Gasteiger partial charge in [-0.25, -0.2) is 0 Å². The maximum Gasteiger partial charge on any atom is 0.255 e. The van der Waals surface area contributed by atoms with E-state index in [0.29, 0.717) is 23.0 Å². The van der Waals surface area contributed by atoms with Gasteiger partial charge >= 0.3 is 0 Å². The second kappa shape index (κ2) is 7.40. The molecule has 0 unspecified atom stereocenters. The molecule has 0 aliphatic rings. The van der Waals surface area contributed by atoms with Crippen molar-refractivity contribution in [2.45, 2.75) is 0 Å². The lowest BCUT2D eigenvalue weighted by Gasteiger charge is -2.13. The third-order valence-electron chi connectivity index (χ3n) is 3.22. The predicted octanol–water partition coefficient (Wildman–Crippen LogP) is 2.24. The smallest absolute Gasteiger partial charge is 0.255 e. The van der Waals surface area contributed by atoms with Crippen LogP contribution in [0.5, 0.6) is 23.0 Å². The predicted molar refractivity (Wildman–Crippen MR) is 86.2 cm³/mol. The lowest BCUT2D eigenvalue weighted by atomic mass is 10.0. The van der Waals surface area contributed by atoms with Gasteiger partial charge in [-0.05, 0) is 29.8 Å². The second-order valence-corrected chi connectivity index (χ2v) is 4.72. The molecule has 2 N–H and O–H groups in total. The van der Waals surface area contributed by atoms with Crippen molar-refractivity contribution in [3.63, 3.8) is 0 Å². The van der Waals surface area contributed by atoms with E-state index in [1.54, 1.807) is 39.5 Å². The van der Waals surface area contributed by atoms with Gasteiger partial charge < -0.3 is 24.7 Å². The van der Waals surface area contributed by atoms with Crippen LogP contribution in [0, 0.1) is 0 Å². The van der Waals surface area contributed by atoms with Crippen LogP contribution in [0.4, 0.5) is 0 Å². The number of carbonyl (C=O) groups excluding carboxylic acids is 1. The molecule has 0 aliphatic carbocycles. The van der Waals surface area contributed by atoms with E-state index in [9.17, 15) is 4.79 Å². The molecule has 6 nitrogen and oxygen atoms in total. The van der Waals surface area contributed by atoms with Crippen LogP contribution in [0.25, 0.3) is 11.1 Å². The topological polar surface area (TPSA) is 80.0 Å². The van der Waals surface area contributed by atoms with Gasteiger partial charge in [-0.1, -0.05) is 0 Å². The monoisotopic (exact) mass is 317 g/mol. The van der Waals surface area contributed by atoms with Gasteiger partial charge in [-0.2, -0.15) is 0 Å². The Hall–Kier alpha value is -2.89. The summed E-state index contributed by atoms with van der Waals surface area (Å²) in [6.07, 6.45) is 0. The van der Waals surface area contributed by atoms with E-state index in [1.165, 1.54) is 0 Å². The van der Waals surface area contributed by atoms with E-state index in [-0.39, 0.29) is 6.61 Å². The van der Waals surface area contributed by atoms with Gasteiger partial charge in [0.1, 0.15) is 23.0 Å². The summed E-state index contributed by atoms with van der Waals surface area (Å²) >= 11 is 0. The van der Waals surface area contributed by atoms with Crippen molar-refractivity contribution >= 4 is 5.91 Å². The number of amides is 1. The normalized spacial score (nSPS) is 10.0. The van der Waals surface area contributed by atoms with Crippen LogP contribution in [0.3, 0.4) is 0 Å². The number of primary amides is 1.